The first-order valence-electron chi connectivity index (χ1n) is 21.5. The van der Waals surface area contributed by atoms with E-state index in [-0.39, 0.29) is 5.92 Å². The number of benzene rings is 9. The summed E-state index contributed by atoms with van der Waals surface area (Å²) in [7, 11) is 0. The first kappa shape index (κ1) is 36.0. The van der Waals surface area contributed by atoms with Gasteiger partial charge in [-0.2, -0.15) is 0 Å². The molecular formula is C59H41N3. The normalized spacial score (nSPS) is 14.2. The van der Waals surface area contributed by atoms with E-state index < -0.39 is 0 Å². The Morgan fingerprint density at radius 2 is 1.03 bits per heavy atom. The lowest BCUT2D eigenvalue weighted by molar-refractivity contribution is 0.746. The molecule has 12 rings (SSSR count). The quantitative estimate of drug-likeness (QED) is 0.168. The molecule has 11 aromatic rings. The van der Waals surface area contributed by atoms with E-state index in [1.54, 1.807) is 0 Å². The van der Waals surface area contributed by atoms with Crippen molar-refractivity contribution in [2.24, 2.45) is 5.92 Å². The van der Waals surface area contributed by atoms with Gasteiger partial charge >= 0.3 is 0 Å². The Morgan fingerprint density at radius 1 is 0.419 bits per heavy atom. The van der Waals surface area contributed by atoms with Crippen LogP contribution in [0.2, 0.25) is 0 Å². The molecule has 0 spiro atoms. The molecule has 1 atom stereocenters. The fraction of sp³-hybridized carbons (Fsp3) is 0.0508. The second-order valence-corrected chi connectivity index (χ2v) is 16.6. The van der Waals surface area contributed by atoms with Gasteiger partial charge in [0.1, 0.15) is 0 Å². The summed E-state index contributed by atoms with van der Waals surface area (Å²) >= 11 is 0. The highest BCUT2D eigenvalue weighted by atomic mass is 15.0. The molecule has 1 aliphatic carbocycles. The lowest BCUT2D eigenvalue weighted by Crippen LogP contribution is -2.10. The van der Waals surface area contributed by atoms with E-state index in [1.807, 2.05) is 24.3 Å². The Morgan fingerprint density at radius 3 is 1.84 bits per heavy atom. The monoisotopic (exact) mass is 791 g/mol. The van der Waals surface area contributed by atoms with Crippen molar-refractivity contribution in [3.05, 3.63) is 218 Å². The zero-order valence-electron chi connectivity index (χ0n) is 34.3. The molecule has 2 aromatic heterocycles. The van der Waals surface area contributed by atoms with Crippen LogP contribution in [-0.4, -0.2) is 14.5 Å². The van der Waals surface area contributed by atoms with Crippen LogP contribution in [0.1, 0.15) is 19.0 Å². The number of para-hydroxylation sites is 1. The maximum absolute atomic E-state index is 5.19. The van der Waals surface area contributed by atoms with Gasteiger partial charge in [-0.05, 0) is 115 Å². The molecule has 0 amide bonds. The highest BCUT2D eigenvalue weighted by Crippen LogP contribution is 2.43. The molecule has 0 saturated heterocycles. The minimum atomic E-state index is 0.233. The van der Waals surface area contributed by atoms with Crippen molar-refractivity contribution >= 4 is 65.4 Å². The second-order valence-electron chi connectivity index (χ2n) is 16.6. The molecule has 2 heterocycles. The van der Waals surface area contributed by atoms with Crippen LogP contribution in [0.5, 0.6) is 0 Å². The van der Waals surface area contributed by atoms with E-state index >= 15 is 0 Å². The molecule has 1 unspecified atom stereocenters. The average molecular weight is 792 g/mol. The molecule has 292 valence electrons. The summed E-state index contributed by atoms with van der Waals surface area (Å²) < 4.78 is 2.49. The van der Waals surface area contributed by atoms with Crippen molar-refractivity contribution in [1.29, 1.82) is 0 Å². The number of hydrogen-bond donors (Lipinski definition) is 0. The maximum Gasteiger partial charge on any atom is 0.160 e. The van der Waals surface area contributed by atoms with Gasteiger partial charge in [0, 0.05) is 27.6 Å². The zero-order chi connectivity index (χ0) is 41.1. The van der Waals surface area contributed by atoms with Crippen molar-refractivity contribution in [2.75, 3.05) is 0 Å². The Bertz CT molecular complexity index is 3550. The van der Waals surface area contributed by atoms with Crippen LogP contribution in [0, 0.1) is 5.92 Å². The number of hydrogen-bond acceptors (Lipinski definition) is 2. The summed E-state index contributed by atoms with van der Waals surface area (Å²) in [6.45, 7) is 2.33. The highest BCUT2D eigenvalue weighted by molar-refractivity contribution is 6.22. The van der Waals surface area contributed by atoms with Crippen LogP contribution >= 0.6 is 0 Å². The first-order valence-corrected chi connectivity index (χ1v) is 21.5. The van der Waals surface area contributed by atoms with Crippen LogP contribution in [0.3, 0.4) is 0 Å². The fourth-order valence-corrected chi connectivity index (χ4v) is 9.76. The molecule has 0 N–H and O–H groups in total. The average Bonchev–Trinajstić information content (AvgIpc) is 3.68. The molecule has 3 heteroatoms. The predicted molar refractivity (Wildman–Crippen MR) is 262 cm³/mol. The van der Waals surface area contributed by atoms with E-state index in [0.717, 1.165) is 34.8 Å². The number of fused-ring (bicyclic) bond motifs is 7. The third-order valence-corrected chi connectivity index (χ3v) is 12.8. The molecule has 0 bridgehead atoms. The lowest BCUT2D eigenvalue weighted by atomic mass is 9.88. The molecular weight excluding hydrogens is 751 g/mol. The summed E-state index contributed by atoms with van der Waals surface area (Å²) in [5, 5.41) is 10.1. The van der Waals surface area contributed by atoms with Crippen LogP contribution in [-0.2, 0) is 0 Å². The van der Waals surface area contributed by atoms with E-state index in [9.17, 15) is 0 Å². The standard InChI is InChI=1S/C59H41N3/c1-38-33-48(30-31-49(38)55-37-54(41-14-4-2-5-15-41)60-59(61-55)42-16-6-3-7-17-42)62-56-22-11-10-20-52(56)58-53-36-46(24-23-40(53)29-32-57(58)62)44-25-26-45-35-47(28-27-43(45)34-44)51-21-12-18-39-13-8-9-19-50(39)51/h2-32,34-38H,33H2,1H3. The van der Waals surface area contributed by atoms with Gasteiger partial charge in [0.05, 0.1) is 22.4 Å². The van der Waals surface area contributed by atoms with Crippen LogP contribution < -0.4 is 0 Å². The van der Waals surface area contributed by atoms with Crippen molar-refractivity contribution in [1.82, 2.24) is 14.5 Å². The summed E-state index contributed by atoms with van der Waals surface area (Å²) in [5.41, 5.74) is 13.9. The maximum atomic E-state index is 5.19. The van der Waals surface area contributed by atoms with Gasteiger partial charge in [0.15, 0.2) is 5.82 Å². The summed E-state index contributed by atoms with van der Waals surface area (Å²) in [4.78, 5) is 10.2. The number of nitrogens with zero attached hydrogens (tertiary/aromatic N) is 3. The minimum Gasteiger partial charge on any atom is -0.313 e. The number of rotatable bonds is 6. The Labute approximate surface area is 360 Å². The van der Waals surface area contributed by atoms with Gasteiger partial charge in [-0.3, -0.25) is 0 Å². The first-order chi connectivity index (χ1) is 30.6. The fourth-order valence-electron chi connectivity index (χ4n) is 9.76. The second kappa shape index (κ2) is 14.7. The number of aromatic nitrogens is 3. The van der Waals surface area contributed by atoms with Crippen molar-refractivity contribution < 1.29 is 0 Å². The Balaban J connectivity index is 0.946. The Kier molecular flexibility index (Phi) is 8.53. The SMILES string of the molecule is CC1CC(n2c3ccccc3c3c4cc(-c5ccc6cc(-c7cccc8ccccc78)ccc6c5)ccc4ccc32)=CC=C1c1cc(-c2ccccc2)nc(-c2ccccc2)n1. The number of allylic oxidation sites excluding steroid dienone is 4. The highest BCUT2D eigenvalue weighted by Gasteiger charge is 2.24. The van der Waals surface area contributed by atoms with E-state index in [0.29, 0.717) is 0 Å². The molecule has 0 radical (unpaired) electrons. The third-order valence-electron chi connectivity index (χ3n) is 12.8. The van der Waals surface area contributed by atoms with Crippen molar-refractivity contribution in [2.45, 2.75) is 13.3 Å². The molecule has 3 nitrogen and oxygen atoms in total. The van der Waals surface area contributed by atoms with Gasteiger partial charge in [0.25, 0.3) is 0 Å². The predicted octanol–water partition coefficient (Wildman–Crippen LogP) is 15.7. The molecule has 0 fully saturated rings. The molecule has 0 aliphatic heterocycles. The van der Waals surface area contributed by atoms with Crippen LogP contribution in [0.4, 0.5) is 0 Å². The molecule has 9 aromatic carbocycles. The summed E-state index contributed by atoms with van der Waals surface area (Å²) in [6, 6.07) is 72.3. The summed E-state index contributed by atoms with van der Waals surface area (Å²) in [6.07, 6.45) is 5.48. The third kappa shape index (κ3) is 6.13. The molecule has 1 aliphatic rings. The largest absolute Gasteiger partial charge is 0.313 e. The van der Waals surface area contributed by atoms with E-state index in [1.165, 1.54) is 87.6 Å². The zero-order valence-corrected chi connectivity index (χ0v) is 34.3. The van der Waals surface area contributed by atoms with E-state index in [2.05, 4.69) is 200 Å². The molecule has 62 heavy (non-hydrogen) atoms. The minimum absolute atomic E-state index is 0.233. The topological polar surface area (TPSA) is 30.7 Å². The van der Waals surface area contributed by atoms with Gasteiger partial charge in [-0.25, -0.2) is 9.97 Å². The Hall–Kier alpha value is -7.88. The van der Waals surface area contributed by atoms with Gasteiger partial charge < -0.3 is 4.57 Å². The van der Waals surface area contributed by atoms with Crippen LogP contribution in [0.25, 0.3) is 110 Å². The van der Waals surface area contributed by atoms with E-state index in [4.69, 9.17) is 9.97 Å². The van der Waals surface area contributed by atoms with Gasteiger partial charge in [0.2, 0.25) is 0 Å². The molecule has 0 saturated carbocycles. The van der Waals surface area contributed by atoms with Crippen molar-refractivity contribution in [3.8, 4) is 44.9 Å². The lowest BCUT2D eigenvalue weighted by Gasteiger charge is -2.24. The van der Waals surface area contributed by atoms with Gasteiger partial charge in [-0.1, -0.05) is 177 Å². The smallest absolute Gasteiger partial charge is 0.160 e. The summed E-state index contributed by atoms with van der Waals surface area (Å²) in [5.74, 6) is 0.977. The van der Waals surface area contributed by atoms with Crippen LogP contribution in [0.15, 0.2) is 212 Å². The van der Waals surface area contributed by atoms with Crippen molar-refractivity contribution in [3.63, 3.8) is 0 Å². The van der Waals surface area contributed by atoms with Gasteiger partial charge in [-0.15, -0.1) is 0 Å².